The van der Waals surface area contributed by atoms with Crippen LogP contribution >= 0.6 is 0 Å². The molecular weight excluding hydrogens is 321 g/mol. The molecule has 0 aromatic heterocycles. The molecule has 0 radical (unpaired) electrons. The Labute approximate surface area is 148 Å². The summed E-state index contributed by atoms with van der Waals surface area (Å²) in [7, 11) is 0. The molecule has 2 aliphatic heterocycles. The third kappa shape index (κ3) is 3.57. The molecular formula is C19H28FN3O2. The van der Waals surface area contributed by atoms with E-state index in [1.807, 2.05) is 13.8 Å². The van der Waals surface area contributed by atoms with Crippen LogP contribution in [0.3, 0.4) is 0 Å². The number of nitrogens with one attached hydrogen (secondary N) is 2. The number of amides is 1. The first-order chi connectivity index (χ1) is 12.2. The van der Waals surface area contributed by atoms with Crippen molar-refractivity contribution < 1.29 is 14.4 Å². The molecule has 2 heterocycles. The highest BCUT2D eigenvalue weighted by Gasteiger charge is 2.44. The monoisotopic (exact) mass is 349 g/mol. The summed E-state index contributed by atoms with van der Waals surface area (Å²) in [5.41, 5.74) is 3.34. The van der Waals surface area contributed by atoms with E-state index in [-0.39, 0.29) is 11.4 Å². The molecule has 1 saturated carbocycles. The summed E-state index contributed by atoms with van der Waals surface area (Å²) in [6.07, 6.45) is 2.03. The molecule has 2 atom stereocenters. The molecule has 1 aromatic carbocycles. The molecule has 25 heavy (non-hydrogen) atoms. The second kappa shape index (κ2) is 7.81. The molecule has 1 aliphatic carbocycles. The van der Waals surface area contributed by atoms with Gasteiger partial charge in [0.25, 0.3) is 5.91 Å². The van der Waals surface area contributed by atoms with Crippen LogP contribution in [0.15, 0.2) is 12.1 Å². The van der Waals surface area contributed by atoms with E-state index in [2.05, 4.69) is 10.2 Å². The summed E-state index contributed by atoms with van der Waals surface area (Å²) < 4.78 is 14.2. The molecule has 2 fully saturated rings. The molecule has 0 spiro atoms. The number of fused-ring (bicyclic) bond motifs is 3. The number of halogens is 1. The maximum absolute atomic E-state index is 14.2. The van der Waals surface area contributed by atoms with E-state index in [4.69, 9.17) is 5.21 Å². The molecule has 6 heteroatoms. The van der Waals surface area contributed by atoms with Crippen molar-refractivity contribution in [2.75, 3.05) is 26.2 Å². The van der Waals surface area contributed by atoms with Gasteiger partial charge in [0.1, 0.15) is 5.82 Å². The van der Waals surface area contributed by atoms with Gasteiger partial charge in [0, 0.05) is 25.2 Å². The molecule has 5 nitrogen and oxygen atoms in total. The number of nitrogens with zero attached hydrogens (tertiary/aromatic N) is 1. The summed E-state index contributed by atoms with van der Waals surface area (Å²) >= 11 is 0. The number of rotatable bonds is 3. The third-order valence-corrected chi connectivity index (χ3v) is 5.82. The van der Waals surface area contributed by atoms with Gasteiger partial charge in [-0.05, 0) is 66.9 Å². The van der Waals surface area contributed by atoms with Crippen molar-refractivity contribution in [1.29, 1.82) is 0 Å². The van der Waals surface area contributed by atoms with Gasteiger partial charge in [-0.15, -0.1) is 0 Å². The number of piperidine rings is 2. The Hall–Kier alpha value is -1.50. The van der Waals surface area contributed by atoms with Gasteiger partial charge in [-0.1, -0.05) is 13.8 Å². The Morgan fingerprint density at radius 2 is 2.08 bits per heavy atom. The van der Waals surface area contributed by atoms with Crippen LogP contribution in [0, 0.1) is 23.6 Å². The van der Waals surface area contributed by atoms with Crippen LogP contribution in [0.5, 0.6) is 0 Å². The highest BCUT2D eigenvalue weighted by Crippen LogP contribution is 2.43. The zero-order valence-electron chi connectivity index (χ0n) is 15.0. The van der Waals surface area contributed by atoms with Crippen molar-refractivity contribution in [2.24, 2.45) is 17.8 Å². The standard InChI is InChI=1S/C17H22FN3O2.C2H6/c18-16-5-10(17(22)20-23)3-13-8-21(2-1-14(13)16)9-15-11-4-12(15)7-19-6-11;1-2/h3,5,11-12,15,19,23H,1-2,4,6-9H2,(H,20,22);1-2H3. The quantitative estimate of drug-likeness (QED) is 0.578. The van der Waals surface area contributed by atoms with E-state index in [0.717, 1.165) is 49.5 Å². The van der Waals surface area contributed by atoms with Crippen molar-refractivity contribution in [1.82, 2.24) is 15.7 Å². The second-order valence-electron chi connectivity index (χ2n) is 7.10. The van der Waals surface area contributed by atoms with Crippen LogP contribution in [-0.2, 0) is 13.0 Å². The van der Waals surface area contributed by atoms with Gasteiger partial charge < -0.3 is 5.32 Å². The molecule has 3 N–H and O–H groups in total. The third-order valence-electron chi connectivity index (χ3n) is 5.82. The highest BCUT2D eigenvalue weighted by molar-refractivity contribution is 5.93. The Morgan fingerprint density at radius 3 is 2.72 bits per heavy atom. The minimum absolute atomic E-state index is 0.176. The molecule has 2 bridgehead atoms. The fourth-order valence-corrected chi connectivity index (χ4v) is 4.50. The summed E-state index contributed by atoms with van der Waals surface area (Å²) in [4.78, 5) is 13.9. The van der Waals surface area contributed by atoms with Crippen molar-refractivity contribution in [3.05, 3.63) is 34.6 Å². The fourth-order valence-electron chi connectivity index (χ4n) is 4.50. The van der Waals surface area contributed by atoms with Gasteiger partial charge in [0.05, 0.1) is 0 Å². The average Bonchev–Trinajstić information content (AvgIpc) is 2.67. The molecule has 1 saturated heterocycles. The van der Waals surface area contributed by atoms with E-state index in [1.165, 1.54) is 12.5 Å². The van der Waals surface area contributed by atoms with E-state index < -0.39 is 5.91 Å². The summed E-state index contributed by atoms with van der Waals surface area (Å²) in [5, 5.41) is 12.2. The molecule has 2 unspecified atom stereocenters. The lowest BCUT2D eigenvalue weighted by Gasteiger charge is -2.51. The van der Waals surface area contributed by atoms with Gasteiger partial charge in [0.15, 0.2) is 0 Å². The maximum Gasteiger partial charge on any atom is 0.274 e. The van der Waals surface area contributed by atoms with E-state index in [9.17, 15) is 9.18 Å². The van der Waals surface area contributed by atoms with Gasteiger partial charge in [-0.3, -0.25) is 14.9 Å². The number of hydrogen-bond donors (Lipinski definition) is 3. The molecule has 4 rings (SSSR count). The molecule has 1 aromatic rings. The van der Waals surface area contributed by atoms with E-state index in [0.29, 0.717) is 18.5 Å². The second-order valence-corrected chi connectivity index (χ2v) is 7.10. The zero-order valence-corrected chi connectivity index (χ0v) is 15.0. The van der Waals surface area contributed by atoms with Crippen molar-refractivity contribution in [3.8, 4) is 0 Å². The average molecular weight is 349 g/mol. The van der Waals surface area contributed by atoms with Gasteiger partial charge in [0.2, 0.25) is 0 Å². The number of carbonyl (C=O) groups is 1. The first-order valence-corrected chi connectivity index (χ1v) is 9.34. The predicted molar refractivity (Wildman–Crippen MR) is 93.9 cm³/mol. The topological polar surface area (TPSA) is 64.6 Å². The summed E-state index contributed by atoms with van der Waals surface area (Å²) in [6.45, 7) is 8.87. The Balaban J connectivity index is 0.000000880. The van der Waals surface area contributed by atoms with Crippen LogP contribution in [0.25, 0.3) is 0 Å². The van der Waals surface area contributed by atoms with Crippen molar-refractivity contribution in [3.63, 3.8) is 0 Å². The lowest BCUT2D eigenvalue weighted by Crippen LogP contribution is -2.56. The Kier molecular flexibility index (Phi) is 5.71. The lowest BCUT2D eigenvalue weighted by atomic mass is 9.62. The van der Waals surface area contributed by atoms with Crippen LogP contribution in [-0.4, -0.2) is 42.2 Å². The zero-order chi connectivity index (χ0) is 18.0. The Bertz CT molecular complexity index is 623. The number of hydroxylamine groups is 1. The van der Waals surface area contributed by atoms with Gasteiger partial charge in [-0.25, -0.2) is 9.87 Å². The van der Waals surface area contributed by atoms with Crippen molar-refractivity contribution >= 4 is 5.91 Å². The summed E-state index contributed by atoms with van der Waals surface area (Å²) in [6, 6.07) is 2.92. The first kappa shape index (κ1) is 18.3. The molecule has 138 valence electrons. The smallest absolute Gasteiger partial charge is 0.274 e. The van der Waals surface area contributed by atoms with Gasteiger partial charge in [-0.2, -0.15) is 0 Å². The molecule has 3 aliphatic rings. The maximum atomic E-state index is 14.2. The van der Waals surface area contributed by atoms with Crippen LogP contribution in [0.2, 0.25) is 0 Å². The van der Waals surface area contributed by atoms with Crippen molar-refractivity contribution in [2.45, 2.75) is 33.2 Å². The van der Waals surface area contributed by atoms with Crippen LogP contribution in [0.4, 0.5) is 4.39 Å². The minimum Gasteiger partial charge on any atom is -0.316 e. The number of carbonyl (C=O) groups excluding carboxylic acids is 1. The number of benzene rings is 1. The van der Waals surface area contributed by atoms with Crippen LogP contribution in [0.1, 0.15) is 41.8 Å². The minimum atomic E-state index is -0.663. The van der Waals surface area contributed by atoms with Gasteiger partial charge >= 0.3 is 0 Å². The highest BCUT2D eigenvalue weighted by atomic mass is 19.1. The molecule has 1 amide bonds. The SMILES string of the molecule is CC.O=C(NO)c1cc(F)c2c(c1)CN(CC1C3CNCC1C3)CC2. The first-order valence-electron chi connectivity index (χ1n) is 9.34. The summed E-state index contributed by atoms with van der Waals surface area (Å²) in [5.74, 6) is 1.33. The van der Waals surface area contributed by atoms with E-state index in [1.54, 1.807) is 11.5 Å². The lowest BCUT2D eigenvalue weighted by molar-refractivity contribution is 0.000719. The van der Waals surface area contributed by atoms with E-state index >= 15 is 0 Å². The number of hydrogen-bond acceptors (Lipinski definition) is 4. The normalized spacial score (nSPS) is 27.4. The largest absolute Gasteiger partial charge is 0.316 e. The van der Waals surface area contributed by atoms with Crippen LogP contribution < -0.4 is 10.8 Å². The predicted octanol–water partition coefficient (Wildman–Crippen LogP) is 2.18. The Morgan fingerprint density at radius 1 is 1.36 bits per heavy atom. The fraction of sp³-hybridized carbons (Fsp3) is 0.632.